The van der Waals surface area contributed by atoms with Crippen LogP contribution in [0.4, 0.5) is 4.39 Å². The lowest BCUT2D eigenvalue weighted by atomic mass is 10.1. The summed E-state index contributed by atoms with van der Waals surface area (Å²) in [5.41, 5.74) is 3.08. The van der Waals surface area contributed by atoms with E-state index in [0.717, 1.165) is 35.7 Å². The van der Waals surface area contributed by atoms with E-state index >= 15 is 0 Å². The van der Waals surface area contributed by atoms with E-state index in [1.807, 2.05) is 48.1 Å². The number of rotatable bonds is 7. The second-order valence-corrected chi connectivity index (χ2v) is 6.12. The van der Waals surface area contributed by atoms with Gasteiger partial charge >= 0.3 is 0 Å². The van der Waals surface area contributed by atoms with Crippen molar-refractivity contribution in [3.05, 3.63) is 83.9 Å². The minimum Gasteiger partial charge on any atom is -0.357 e. The van der Waals surface area contributed by atoms with Gasteiger partial charge in [0.25, 0.3) is 0 Å². The molecule has 0 aliphatic carbocycles. The zero-order chi connectivity index (χ0) is 18.9. The molecule has 0 spiro atoms. The molecular formula is C21H25FIN5. The summed E-state index contributed by atoms with van der Waals surface area (Å²) in [6.07, 6.45) is 4.41. The van der Waals surface area contributed by atoms with Crippen molar-refractivity contribution in [1.29, 1.82) is 0 Å². The average molecular weight is 493 g/mol. The van der Waals surface area contributed by atoms with Gasteiger partial charge in [0.1, 0.15) is 5.82 Å². The molecule has 5 nitrogen and oxygen atoms in total. The zero-order valence-electron chi connectivity index (χ0n) is 15.8. The standard InChI is InChI=1S/C21H24FN5.HI/c1-2-23-21(24-12-10-17-6-3-8-19(22)14-17)25-16-18-7-4-9-20(15-18)27-13-5-11-26-27;/h3-9,11,13-15H,2,10,12,16H2,1H3,(H2,23,24,25);1H. The molecule has 148 valence electrons. The van der Waals surface area contributed by atoms with Crippen molar-refractivity contribution < 1.29 is 4.39 Å². The third-order valence-electron chi connectivity index (χ3n) is 4.04. The molecule has 0 aliphatic rings. The lowest BCUT2D eigenvalue weighted by Gasteiger charge is -2.11. The summed E-state index contributed by atoms with van der Waals surface area (Å²) < 4.78 is 15.1. The fourth-order valence-corrected chi connectivity index (χ4v) is 2.75. The van der Waals surface area contributed by atoms with E-state index in [4.69, 9.17) is 0 Å². The highest BCUT2D eigenvalue weighted by Gasteiger charge is 2.01. The van der Waals surface area contributed by atoms with E-state index in [0.29, 0.717) is 13.1 Å². The Morgan fingerprint density at radius 1 is 1.07 bits per heavy atom. The van der Waals surface area contributed by atoms with Crippen LogP contribution in [0.3, 0.4) is 0 Å². The fourth-order valence-electron chi connectivity index (χ4n) is 2.75. The smallest absolute Gasteiger partial charge is 0.191 e. The molecule has 0 saturated heterocycles. The number of aliphatic imine (C=N–C) groups is 1. The molecule has 1 aromatic heterocycles. The van der Waals surface area contributed by atoms with Gasteiger partial charge in [0.05, 0.1) is 12.2 Å². The molecule has 0 aliphatic heterocycles. The first-order valence-electron chi connectivity index (χ1n) is 9.10. The highest BCUT2D eigenvalue weighted by Crippen LogP contribution is 2.10. The van der Waals surface area contributed by atoms with Gasteiger partial charge in [-0.15, -0.1) is 24.0 Å². The average Bonchev–Trinajstić information content (AvgIpc) is 3.21. The summed E-state index contributed by atoms with van der Waals surface area (Å²) >= 11 is 0. The molecule has 0 saturated carbocycles. The quantitative estimate of drug-likeness (QED) is 0.298. The monoisotopic (exact) mass is 493 g/mol. The maximum Gasteiger partial charge on any atom is 0.191 e. The van der Waals surface area contributed by atoms with E-state index in [2.05, 4.69) is 26.8 Å². The second-order valence-electron chi connectivity index (χ2n) is 6.12. The summed E-state index contributed by atoms with van der Waals surface area (Å²) in [6.45, 7) is 4.05. The molecule has 3 rings (SSSR count). The lowest BCUT2D eigenvalue weighted by Crippen LogP contribution is -2.38. The maximum atomic E-state index is 13.3. The zero-order valence-corrected chi connectivity index (χ0v) is 18.1. The van der Waals surface area contributed by atoms with Crippen LogP contribution in [0.15, 0.2) is 72.0 Å². The Morgan fingerprint density at radius 3 is 2.64 bits per heavy atom. The van der Waals surface area contributed by atoms with Crippen LogP contribution in [0, 0.1) is 5.82 Å². The number of halogens is 2. The molecule has 0 amide bonds. The Morgan fingerprint density at radius 2 is 1.89 bits per heavy atom. The number of benzene rings is 2. The molecule has 0 unspecified atom stereocenters. The molecule has 2 N–H and O–H groups in total. The molecule has 28 heavy (non-hydrogen) atoms. The fraction of sp³-hybridized carbons (Fsp3) is 0.238. The van der Waals surface area contributed by atoms with Gasteiger partial charge < -0.3 is 10.6 Å². The van der Waals surface area contributed by atoms with Gasteiger partial charge in [0.15, 0.2) is 5.96 Å². The largest absolute Gasteiger partial charge is 0.357 e. The summed E-state index contributed by atoms with van der Waals surface area (Å²) in [5.74, 6) is 0.545. The number of nitrogens with zero attached hydrogens (tertiary/aromatic N) is 3. The molecule has 3 aromatic rings. The van der Waals surface area contributed by atoms with E-state index in [-0.39, 0.29) is 29.8 Å². The molecular weight excluding hydrogens is 468 g/mol. The van der Waals surface area contributed by atoms with Gasteiger partial charge in [0.2, 0.25) is 0 Å². The first-order chi connectivity index (χ1) is 13.2. The van der Waals surface area contributed by atoms with Crippen LogP contribution in [-0.4, -0.2) is 28.8 Å². The molecule has 1 heterocycles. The van der Waals surface area contributed by atoms with Crippen LogP contribution in [-0.2, 0) is 13.0 Å². The summed E-state index contributed by atoms with van der Waals surface area (Å²) in [5, 5.41) is 10.8. The minimum absolute atomic E-state index is 0. The number of hydrogen-bond donors (Lipinski definition) is 2. The predicted molar refractivity (Wildman–Crippen MR) is 122 cm³/mol. The molecule has 7 heteroatoms. The van der Waals surface area contributed by atoms with Crippen LogP contribution >= 0.6 is 24.0 Å². The summed E-state index contributed by atoms with van der Waals surface area (Å²) in [7, 11) is 0. The van der Waals surface area contributed by atoms with Crippen molar-refractivity contribution in [2.45, 2.75) is 19.9 Å². The van der Waals surface area contributed by atoms with Crippen molar-refractivity contribution in [3.63, 3.8) is 0 Å². The van der Waals surface area contributed by atoms with Crippen LogP contribution in [0.25, 0.3) is 5.69 Å². The molecule has 0 atom stereocenters. The van der Waals surface area contributed by atoms with Gasteiger partial charge in [-0.1, -0.05) is 24.3 Å². The molecule has 0 fully saturated rings. The van der Waals surface area contributed by atoms with Crippen LogP contribution < -0.4 is 10.6 Å². The molecule has 0 bridgehead atoms. The van der Waals surface area contributed by atoms with Gasteiger partial charge in [0, 0.05) is 25.5 Å². The van der Waals surface area contributed by atoms with E-state index < -0.39 is 0 Å². The van der Waals surface area contributed by atoms with Crippen LogP contribution in [0.2, 0.25) is 0 Å². The Hall–Kier alpha value is -2.42. The Labute approximate surface area is 182 Å². The van der Waals surface area contributed by atoms with Gasteiger partial charge in [-0.05, 0) is 54.8 Å². The van der Waals surface area contributed by atoms with Crippen LogP contribution in [0.5, 0.6) is 0 Å². The van der Waals surface area contributed by atoms with Gasteiger partial charge in [-0.25, -0.2) is 14.1 Å². The number of nitrogens with one attached hydrogen (secondary N) is 2. The van der Waals surface area contributed by atoms with E-state index in [1.165, 1.54) is 6.07 Å². The molecule has 2 aromatic carbocycles. The second kappa shape index (κ2) is 11.4. The topological polar surface area (TPSA) is 54.2 Å². The first kappa shape index (κ1) is 21.9. The number of guanidine groups is 1. The van der Waals surface area contributed by atoms with E-state index in [9.17, 15) is 4.39 Å². The SMILES string of the molecule is CCNC(=NCc1cccc(-n2cccn2)c1)NCCc1cccc(F)c1.I. The van der Waals surface area contributed by atoms with Crippen molar-refractivity contribution in [2.75, 3.05) is 13.1 Å². The molecule has 0 radical (unpaired) electrons. The van der Waals surface area contributed by atoms with E-state index in [1.54, 1.807) is 18.3 Å². The Bertz CT molecular complexity index is 880. The third-order valence-corrected chi connectivity index (χ3v) is 4.04. The van der Waals surface area contributed by atoms with Crippen molar-refractivity contribution in [3.8, 4) is 5.69 Å². The van der Waals surface area contributed by atoms with Gasteiger partial charge in [-0.2, -0.15) is 5.10 Å². The first-order valence-corrected chi connectivity index (χ1v) is 9.10. The predicted octanol–water partition coefficient (Wildman–Crippen LogP) is 3.93. The number of aromatic nitrogens is 2. The van der Waals surface area contributed by atoms with Gasteiger partial charge in [-0.3, -0.25) is 0 Å². The van der Waals surface area contributed by atoms with Crippen molar-refractivity contribution in [1.82, 2.24) is 20.4 Å². The Kier molecular flexibility index (Phi) is 8.93. The highest BCUT2D eigenvalue weighted by molar-refractivity contribution is 14.0. The van der Waals surface area contributed by atoms with Crippen molar-refractivity contribution in [2.24, 2.45) is 4.99 Å². The third kappa shape index (κ3) is 6.63. The number of hydrogen-bond acceptors (Lipinski definition) is 2. The van der Waals surface area contributed by atoms with Crippen molar-refractivity contribution >= 4 is 29.9 Å². The maximum absolute atomic E-state index is 13.3. The highest BCUT2D eigenvalue weighted by atomic mass is 127. The summed E-state index contributed by atoms with van der Waals surface area (Å²) in [4.78, 5) is 4.65. The summed E-state index contributed by atoms with van der Waals surface area (Å²) in [6, 6.07) is 16.7. The van der Waals surface area contributed by atoms with Crippen LogP contribution in [0.1, 0.15) is 18.1 Å². The normalized spacial score (nSPS) is 11.0. The minimum atomic E-state index is -0.204. The lowest BCUT2D eigenvalue weighted by molar-refractivity contribution is 0.625. The Balaban J connectivity index is 0.00000280.